The molecule has 7 heteroatoms. The third kappa shape index (κ3) is 3.97. The lowest BCUT2D eigenvalue weighted by Gasteiger charge is -2.35. The molecule has 0 saturated carbocycles. The smallest absolute Gasteiger partial charge is 0.227 e. The van der Waals surface area contributed by atoms with Crippen molar-refractivity contribution in [3.63, 3.8) is 0 Å². The van der Waals surface area contributed by atoms with E-state index in [0.29, 0.717) is 13.0 Å². The minimum absolute atomic E-state index is 0.0451. The second-order valence-corrected chi connectivity index (χ2v) is 7.77. The summed E-state index contributed by atoms with van der Waals surface area (Å²) in [5, 5.41) is 11.5. The van der Waals surface area contributed by atoms with Crippen LogP contribution >= 0.6 is 0 Å². The number of rotatable bonds is 6. The van der Waals surface area contributed by atoms with E-state index in [-0.39, 0.29) is 11.9 Å². The van der Waals surface area contributed by atoms with Gasteiger partial charge in [-0.2, -0.15) is 5.10 Å². The number of H-pyrrole nitrogens is 1. The summed E-state index contributed by atoms with van der Waals surface area (Å²) in [5.74, 6) is 1.67. The summed E-state index contributed by atoms with van der Waals surface area (Å²) in [6.07, 6.45) is 5.12. The zero-order valence-corrected chi connectivity index (χ0v) is 17.8. The summed E-state index contributed by atoms with van der Waals surface area (Å²) in [7, 11) is 0. The molecular weight excluding hydrogens is 380 g/mol. The molecule has 0 unspecified atom stereocenters. The van der Waals surface area contributed by atoms with E-state index in [9.17, 15) is 4.79 Å². The first-order valence-electron chi connectivity index (χ1n) is 10.6. The molecule has 7 nitrogen and oxygen atoms in total. The van der Waals surface area contributed by atoms with E-state index in [1.165, 1.54) is 0 Å². The topological polar surface area (TPSA) is 84.2 Å². The molecule has 3 heterocycles. The molecule has 3 aromatic rings. The minimum atomic E-state index is -0.0451. The van der Waals surface area contributed by atoms with Gasteiger partial charge in [-0.15, -0.1) is 0 Å². The quantitative estimate of drug-likeness (QED) is 0.654. The van der Waals surface area contributed by atoms with E-state index in [2.05, 4.69) is 15.4 Å². The number of carbonyl (C=O) groups excluding carboxylic acids is 1. The molecule has 2 aromatic heterocycles. The number of aryl methyl sites for hydroxylation is 1. The molecule has 1 aliphatic rings. The van der Waals surface area contributed by atoms with Crippen molar-refractivity contribution >= 4 is 5.91 Å². The van der Waals surface area contributed by atoms with E-state index >= 15 is 0 Å². The van der Waals surface area contributed by atoms with Crippen molar-refractivity contribution in [2.24, 2.45) is 0 Å². The fourth-order valence-corrected chi connectivity index (χ4v) is 4.07. The Kier molecular flexibility index (Phi) is 5.88. The zero-order valence-electron chi connectivity index (χ0n) is 17.8. The molecular formula is C23H28N4O3. The molecule has 0 bridgehead atoms. The average Bonchev–Trinajstić information content (AvgIpc) is 3.36. The van der Waals surface area contributed by atoms with Gasteiger partial charge in [0.2, 0.25) is 5.91 Å². The number of aromatic amines is 1. The first kappa shape index (κ1) is 20.2. The normalized spacial score (nSPS) is 16.6. The number of amides is 1. The lowest BCUT2D eigenvalue weighted by molar-refractivity contribution is -0.134. The number of benzene rings is 1. The number of piperidine rings is 1. The Labute approximate surface area is 176 Å². The van der Waals surface area contributed by atoms with Crippen LogP contribution in [0.25, 0.3) is 11.3 Å². The van der Waals surface area contributed by atoms with Gasteiger partial charge in [0.05, 0.1) is 42.2 Å². The van der Waals surface area contributed by atoms with Crippen LogP contribution in [0.3, 0.4) is 0 Å². The van der Waals surface area contributed by atoms with Crippen LogP contribution in [0, 0.1) is 13.8 Å². The Balaban J connectivity index is 1.56. The van der Waals surface area contributed by atoms with Crippen molar-refractivity contribution < 1.29 is 14.1 Å². The fourth-order valence-electron chi connectivity index (χ4n) is 4.07. The number of likely N-dealkylation sites (tertiary alicyclic amines) is 1. The molecule has 1 amide bonds. The van der Waals surface area contributed by atoms with Crippen LogP contribution in [0.4, 0.5) is 0 Å². The monoisotopic (exact) mass is 408 g/mol. The van der Waals surface area contributed by atoms with Crippen LogP contribution in [0.15, 0.2) is 35.0 Å². The fraction of sp³-hybridized carbons (Fsp3) is 0.435. The second kappa shape index (κ2) is 8.73. The largest absolute Gasteiger partial charge is 0.494 e. The Morgan fingerprint density at radius 3 is 2.77 bits per heavy atom. The zero-order chi connectivity index (χ0) is 21.1. The van der Waals surface area contributed by atoms with Gasteiger partial charge in [-0.1, -0.05) is 17.3 Å². The highest BCUT2D eigenvalue weighted by molar-refractivity contribution is 5.80. The van der Waals surface area contributed by atoms with Crippen LogP contribution in [-0.4, -0.2) is 39.3 Å². The Hall–Kier alpha value is -3.09. The van der Waals surface area contributed by atoms with Gasteiger partial charge >= 0.3 is 0 Å². The highest BCUT2D eigenvalue weighted by Gasteiger charge is 2.32. The van der Waals surface area contributed by atoms with E-state index in [4.69, 9.17) is 9.26 Å². The first-order valence-corrected chi connectivity index (χ1v) is 10.6. The summed E-state index contributed by atoms with van der Waals surface area (Å²) in [5.41, 5.74) is 4.66. The third-order valence-electron chi connectivity index (χ3n) is 5.82. The number of carbonyl (C=O) groups is 1. The summed E-state index contributed by atoms with van der Waals surface area (Å²) in [4.78, 5) is 15.2. The predicted octanol–water partition coefficient (Wildman–Crippen LogP) is 4.38. The number of nitrogens with one attached hydrogen (secondary N) is 1. The molecule has 1 fully saturated rings. The van der Waals surface area contributed by atoms with Gasteiger partial charge in [-0.05, 0) is 57.7 Å². The lowest BCUT2D eigenvalue weighted by atomic mass is 9.94. The highest BCUT2D eigenvalue weighted by Crippen LogP contribution is 2.37. The van der Waals surface area contributed by atoms with Crippen molar-refractivity contribution in [3.8, 4) is 17.1 Å². The predicted molar refractivity (Wildman–Crippen MR) is 113 cm³/mol. The van der Waals surface area contributed by atoms with Gasteiger partial charge in [0.25, 0.3) is 0 Å². The lowest BCUT2D eigenvalue weighted by Crippen LogP contribution is -2.39. The Morgan fingerprint density at radius 1 is 1.27 bits per heavy atom. The third-order valence-corrected chi connectivity index (χ3v) is 5.82. The molecule has 0 spiro atoms. The molecule has 1 saturated heterocycles. The van der Waals surface area contributed by atoms with E-state index in [0.717, 1.165) is 65.4 Å². The molecule has 1 atom stereocenters. The van der Waals surface area contributed by atoms with Gasteiger partial charge in [0.1, 0.15) is 5.75 Å². The first-order chi connectivity index (χ1) is 14.6. The van der Waals surface area contributed by atoms with Crippen LogP contribution in [0.5, 0.6) is 5.75 Å². The molecule has 158 valence electrons. The number of hydrogen-bond donors (Lipinski definition) is 1. The number of aromatic nitrogens is 3. The molecule has 1 aromatic carbocycles. The summed E-state index contributed by atoms with van der Waals surface area (Å²) < 4.78 is 11.1. The van der Waals surface area contributed by atoms with E-state index < -0.39 is 0 Å². The van der Waals surface area contributed by atoms with E-state index in [1.807, 2.05) is 49.9 Å². The number of hydrogen-bond acceptors (Lipinski definition) is 5. The molecule has 30 heavy (non-hydrogen) atoms. The van der Waals surface area contributed by atoms with Crippen molar-refractivity contribution in [1.82, 2.24) is 20.3 Å². The molecule has 0 radical (unpaired) electrons. The van der Waals surface area contributed by atoms with Gasteiger partial charge in [0, 0.05) is 12.1 Å². The summed E-state index contributed by atoms with van der Waals surface area (Å²) >= 11 is 0. The standard InChI is InChI=1S/C23H28N4O3/c1-4-29-18-10-8-17(9-11-18)13-21(28)27-12-6-5-7-20(27)22-19(14-24-25-22)23-15(2)16(3)26-30-23/h8-11,14,20H,4-7,12-13H2,1-3H3,(H,24,25)/t20-/m1/s1. The highest BCUT2D eigenvalue weighted by atomic mass is 16.5. The van der Waals surface area contributed by atoms with Crippen LogP contribution in [0.2, 0.25) is 0 Å². The van der Waals surface area contributed by atoms with Gasteiger partial charge in [0.15, 0.2) is 5.76 Å². The Morgan fingerprint density at radius 2 is 2.07 bits per heavy atom. The van der Waals surface area contributed by atoms with E-state index in [1.54, 1.807) is 6.20 Å². The van der Waals surface area contributed by atoms with Gasteiger partial charge < -0.3 is 14.2 Å². The van der Waals surface area contributed by atoms with Crippen molar-refractivity contribution in [3.05, 3.63) is 53.0 Å². The van der Waals surface area contributed by atoms with Crippen LogP contribution < -0.4 is 4.74 Å². The average molecular weight is 409 g/mol. The minimum Gasteiger partial charge on any atom is -0.494 e. The van der Waals surface area contributed by atoms with Crippen molar-refractivity contribution in [2.45, 2.75) is 52.5 Å². The summed E-state index contributed by atoms with van der Waals surface area (Å²) in [6, 6.07) is 7.72. The second-order valence-electron chi connectivity index (χ2n) is 7.77. The molecule has 1 N–H and O–H groups in total. The summed E-state index contributed by atoms with van der Waals surface area (Å²) in [6.45, 7) is 7.25. The number of ether oxygens (including phenoxy) is 1. The maximum Gasteiger partial charge on any atom is 0.227 e. The molecule has 4 rings (SSSR count). The maximum atomic E-state index is 13.2. The van der Waals surface area contributed by atoms with Crippen molar-refractivity contribution in [1.29, 1.82) is 0 Å². The van der Waals surface area contributed by atoms with Gasteiger partial charge in [-0.25, -0.2) is 0 Å². The SMILES string of the molecule is CCOc1ccc(CC(=O)N2CCCC[C@@H]2c2[nH]ncc2-c2onc(C)c2C)cc1. The van der Waals surface area contributed by atoms with Crippen LogP contribution in [-0.2, 0) is 11.2 Å². The number of nitrogens with zero attached hydrogens (tertiary/aromatic N) is 3. The van der Waals surface area contributed by atoms with Crippen LogP contribution in [0.1, 0.15) is 54.7 Å². The Bertz CT molecular complexity index is 1010. The molecule has 1 aliphatic heterocycles. The van der Waals surface area contributed by atoms with Gasteiger partial charge in [-0.3, -0.25) is 9.89 Å². The molecule has 0 aliphatic carbocycles. The maximum absolute atomic E-state index is 13.2. The van der Waals surface area contributed by atoms with Crippen molar-refractivity contribution in [2.75, 3.05) is 13.2 Å².